The molecule has 4 heterocycles. The lowest BCUT2D eigenvalue weighted by Gasteiger charge is -2.33. The maximum Gasteiger partial charge on any atom is 0.137 e. The molecular weight excluding hydrogens is 304 g/mol. The molecule has 4 rings (SSSR count). The van der Waals surface area contributed by atoms with Gasteiger partial charge in [-0.3, -0.25) is 9.58 Å². The Bertz CT molecular complexity index is 662. The van der Waals surface area contributed by atoms with Crippen LogP contribution in [-0.2, 0) is 26.7 Å². The second-order valence-electron chi connectivity index (χ2n) is 6.98. The predicted octanol–water partition coefficient (Wildman–Crippen LogP) is 0.665. The number of aryl methyl sites for hydroxylation is 1. The van der Waals surface area contributed by atoms with Gasteiger partial charge < -0.3 is 15.0 Å². The number of piperidine rings is 1. The van der Waals surface area contributed by atoms with Crippen LogP contribution >= 0.6 is 0 Å². The Morgan fingerprint density at radius 2 is 2.17 bits per heavy atom. The van der Waals surface area contributed by atoms with E-state index >= 15 is 0 Å². The van der Waals surface area contributed by atoms with Crippen LogP contribution in [0.5, 0.6) is 0 Å². The Morgan fingerprint density at radius 1 is 1.33 bits per heavy atom. The van der Waals surface area contributed by atoms with Crippen LogP contribution in [0.25, 0.3) is 0 Å². The average Bonchev–Trinajstić information content (AvgIpc) is 3.20. The van der Waals surface area contributed by atoms with Crippen molar-refractivity contribution in [2.24, 2.45) is 13.0 Å². The van der Waals surface area contributed by atoms with Crippen molar-refractivity contribution < 1.29 is 5.11 Å². The highest BCUT2D eigenvalue weighted by Crippen LogP contribution is 2.30. The standard InChI is InChI=1S/C17H26N6O/c1-21-8-5-19-17(21)16(24)13-2-6-22(7-3-13)12-14-10-15-11-18-4-9-23(15)20-14/h5,8,10,13,16,18,24H,2-4,6-7,9,11-12H2,1H3. The van der Waals surface area contributed by atoms with Crippen molar-refractivity contribution in [1.29, 1.82) is 0 Å². The number of rotatable bonds is 4. The summed E-state index contributed by atoms with van der Waals surface area (Å²) in [6.45, 7) is 5.81. The Morgan fingerprint density at radius 3 is 2.88 bits per heavy atom. The van der Waals surface area contributed by atoms with Crippen LogP contribution in [0.15, 0.2) is 18.5 Å². The van der Waals surface area contributed by atoms with Gasteiger partial charge in [0.1, 0.15) is 11.9 Å². The maximum atomic E-state index is 10.6. The van der Waals surface area contributed by atoms with Crippen LogP contribution in [0, 0.1) is 5.92 Å². The van der Waals surface area contributed by atoms with Gasteiger partial charge in [0, 0.05) is 39.1 Å². The quantitative estimate of drug-likeness (QED) is 0.862. The van der Waals surface area contributed by atoms with Crippen LogP contribution < -0.4 is 5.32 Å². The van der Waals surface area contributed by atoms with Gasteiger partial charge >= 0.3 is 0 Å². The van der Waals surface area contributed by atoms with Gasteiger partial charge in [-0.1, -0.05) is 0 Å². The summed E-state index contributed by atoms with van der Waals surface area (Å²) in [5.41, 5.74) is 2.45. The normalized spacial score (nSPS) is 20.9. The van der Waals surface area contributed by atoms with E-state index in [9.17, 15) is 5.11 Å². The van der Waals surface area contributed by atoms with Gasteiger partial charge in [-0.15, -0.1) is 0 Å². The van der Waals surface area contributed by atoms with E-state index in [1.54, 1.807) is 6.20 Å². The van der Waals surface area contributed by atoms with E-state index in [2.05, 4.69) is 25.9 Å². The molecule has 7 nitrogen and oxygen atoms in total. The number of nitrogens with one attached hydrogen (secondary N) is 1. The summed E-state index contributed by atoms with van der Waals surface area (Å²) in [4.78, 5) is 6.74. The third-order valence-corrected chi connectivity index (χ3v) is 5.31. The second kappa shape index (κ2) is 6.66. The number of aliphatic hydroxyl groups is 1. The summed E-state index contributed by atoms with van der Waals surface area (Å²) in [7, 11) is 1.94. The molecule has 2 aliphatic rings. The minimum atomic E-state index is -0.460. The van der Waals surface area contributed by atoms with Gasteiger partial charge in [0.25, 0.3) is 0 Å². The molecule has 0 radical (unpaired) electrons. The molecule has 0 aliphatic carbocycles. The highest BCUT2D eigenvalue weighted by molar-refractivity contribution is 5.12. The van der Waals surface area contributed by atoms with Crippen molar-refractivity contribution in [1.82, 2.24) is 29.5 Å². The van der Waals surface area contributed by atoms with E-state index in [1.807, 2.05) is 17.8 Å². The zero-order valence-corrected chi connectivity index (χ0v) is 14.2. The predicted molar refractivity (Wildman–Crippen MR) is 90.1 cm³/mol. The van der Waals surface area contributed by atoms with Crippen molar-refractivity contribution >= 4 is 0 Å². The SMILES string of the molecule is Cn1ccnc1C(O)C1CCN(Cc2cc3n(n2)CCNC3)CC1. The number of nitrogens with zero attached hydrogens (tertiary/aromatic N) is 5. The molecule has 0 aromatic carbocycles. The lowest BCUT2D eigenvalue weighted by Crippen LogP contribution is -2.35. The number of imidazole rings is 1. The Hall–Kier alpha value is -1.70. The van der Waals surface area contributed by atoms with Crippen LogP contribution in [-0.4, -0.2) is 49.0 Å². The first kappa shape index (κ1) is 15.8. The number of hydrogen-bond acceptors (Lipinski definition) is 5. The average molecular weight is 330 g/mol. The highest BCUT2D eigenvalue weighted by Gasteiger charge is 2.28. The number of likely N-dealkylation sites (tertiary alicyclic amines) is 1. The molecule has 130 valence electrons. The largest absolute Gasteiger partial charge is 0.385 e. The fourth-order valence-electron chi connectivity index (χ4n) is 3.86. The topological polar surface area (TPSA) is 71.1 Å². The van der Waals surface area contributed by atoms with Crippen LogP contribution in [0.4, 0.5) is 0 Å². The summed E-state index contributed by atoms with van der Waals surface area (Å²) in [5.74, 6) is 1.07. The lowest BCUT2D eigenvalue weighted by atomic mass is 9.90. The van der Waals surface area contributed by atoms with Crippen molar-refractivity contribution in [3.05, 3.63) is 35.7 Å². The maximum absolute atomic E-state index is 10.6. The highest BCUT2D eigenvalue weighted by atomic mass is 16.3. The van der Waals surface area contributed by atoms with Crippen molar-refractivity contribution in [3.63, 3.8) is 0 Å². The zero-order chi connectivity index (χ0) is 16.5. The van der Waals surface area contributed by atoms with Crippen molar-refractivity contribution in [2.75, 3.05) is 19.6 Å². The zero-order valence-electron chi connectivity index (χ0n) is 14.2. The molecule has 2 aromatic rings. The number of aliphatic hydroxyl groups excluding tert-OH is 1. The molecule has 24 heavy (non-hydrogen) atoms. The van der Waals surface area contributed by atoms with Gasteiger partial charge in [0.2, 0.25) is 0 Å². The molecule has 1 atom stereocenters. The molecule has 7 heteroatoms. The molecule has 0 saturated carbocycles. The van der Waals surface area contributed by atoms with Crippen LogP contribution in [0.2, 0.25) is 0 Å². The molecule has 2 aliphatic heterocycles. The minimum Gasteiger partial charge on any atom is -0.385 e. The van der Waals surface area contributed by atoms with Gasteiger partial charge in [0.05, 0.1) is 17.9 Å². The third-order valence-electron chi connectivity index (χ3n) is 5.31. The van der Waals surface area contributed by atoms with Gasteiger partial charge in [-0.2, -0.15) is 5.10 Å². The Balaban J connectivity index is 1.33. The Kier molecular flexibility index (Phi) is 4.39. The van der Waals surface area contributed by atoms with Gasteiger partial charge in [0.15, 0.2) is 0 Å². The van der Waals surface area contributed by atoms with Crippen molar-refractivity contribution in [3.8, 4) is 0 Å². The fraction of sp³-hybridized carbons (Fsp3) is 0.647. The molecule has 1 fully saturated rings. The van der Waals surface area contributed by atoms with E-state index in [1.165, 1.54) is 5.69 Å². The molecular formula is C17H26N6O. The smallest absolute Gasteiger partial charge is 0.137 e. The Labute approximate surface area is 142 Å². The summed E-state index contributed by atoms with van der Waals surface area (Å²) in [6.07, 6.45) is 5.19. The van der Waals surface area contributed by atoms with Crippen molar-refractivity contribution in [2.45, 2.75) is 38.6 Å². The third kappa shape index (κ3) is 3.11. The summed E-state index contributed by atoms with van der Waals surface area (Å²) in [6, 6.07) is 2.22. The fourth-order valence-corrected chi connectivity index (χ4v) is 3.86. The number of hydrogen-bond donors (Lipinski definition) is 2. The molecule has 0 bridgehead atoms. The van der Waals surface area contributed by atoms with Gasteiger partial charge in [-0.25, -0.2) is 4.98 Å². The first-order valence-corrected chi connectivity index (χ1v) is 8.84. The molecule has 1 saturated heterocycles. The summed E-state index contributed by atoms with van der Waals surface area (Å²) in [5, 5.41) is 18.7. The van der Waals surface area contributed by atoms with Crippen LogP contribution in [0.1, 0.15) is 36.2 Å². The monoisotopic (exact) mass is 330 g/mol. The number of aromatic nitrogens is 4. The molecule has 0 amide bonds. The van der Waals surface area contributed by atoms with E-state index in [4.69, 9.17) is 5.10 Å². The molecule has 1 unspecified atom stereocenters. The van der Waals surface area contributed by atoms with E-state index in [0.717, 1.165) is 63.6 Å². The first-order valence-electron chi connectivity index (χ1n) is 8.84. The van der Waals surface area contributed by atoms with Crippen LogP contribution in [0.3, 0.4) is 0 Å². The van der Waals surface area contributed by atoms with E-state index < -0.39 is 6.10 Å². The molecule has 0 spiro atoms. The van der Waals surface area contributed by atoms with E-state index in [0.29, 0.717) is 5.92 Å². The molecule has 2 N–H and O–H groups in total. The summed E-state index contributed by atoms with van der Waals surface area (Å²) < 4.78 is 4.05. The number of fused-ring (bicyclic) bond motifs is 1. The van der Waals surface area contributed by atoms with E-state index in [-0.39, 0.29) is 0 Å². The van der Waals surface area contributed by atoms with Gasteiger partial charge in [-0.05, 0) is 37.9 Å². The minimum absolute atomic E-state index is 0.293. The first-order chi connectivity index (χ1) is 11.7. The lowest BCUT2D eigenvalue weighted by molar-refractivity contribution is 0.0488. The summed E-state index contributed by atoms with van der Waals surface area (Å²) >= 11 is 0. The second-order valence-corrected chi connectivity index (χ2v) is 6.98. The molecule has 2 aromatic heterocycles.